The number of aryl methyl sites for hydroxylation is 2. The first kappa shape index (κ1) is 15.8. The molecule has 1 amide bonds. The normalized spacial score (nSPS) is 12.4. The molecular formula is C18H20N2O2S. The lowest BCUT2D eigenvalue weighted by molar-refractivity contribution is -0.121. The number of amides is 1. The van der Waals surface area contributed by atoms with Crippen LogP contribution in [-0.4, -0.2) is 22.5 Å². The first-order valence-electron chi connectivity index (χ1n) is 7.67. The molecule has 3 N–H and O–H groups in total. The number of aromatic amines is 1. The first-order chi connectivity index (χ1) is 11.1. The van der Waals surface area contributed by atoms with Gasteiger partial charge in [-0.3, -0.25) is 4.79 Å². The van der Waals surface area contributed by atoms with E-state index in [1.165, 1.54) is 22.3 Å². The van der Waals surface area contributed by atoms with Crippen molar-refractivity contribution in [3.63, 3.8) is 0 Å². The van der Waals surface area contributed by atoms with E-state index < -0.39 is 6.10 Å². The highest BCUT2D eigenvalue weighted by Gasteiger charge is 2.11. The summed E-state index contributed by atoms with van der Waals surface area (Å²) in [5, 5.41) is 17.8. The van der Waals surface area contributed by atoms with E-state index in [2.05, 4.69) is 29.4 Å². The Morgan fingerprint density at radius 1 is 1.39 bits per heavy atom. The minimum Gasteiger partial charge on any atom is -0.387 e. The Balaban J connectivity index is 1.53. The molecule has 5 heteroatoms. The fourth-order valence-electron chi connectivity index (χ4n) is 2.70. The zero-order valence-electron chi connectivity index (χ0n) is 13.0. The number of H-pyrrole nitrogens is 1. The predicted molar refractivity (Wildman–Crippen MR) is 93.6 cm³/mol. The van der Waals surface area contributed by atoms with Crippen molar-refractivity contribution in [3.8, 4) is 0 Å². The summed E-state index contributed by atoms with van der Waals surface area (Å²) in [6, 6.07) is 8.05. The fraction of sp³-hybridized carbons (Fsp3) is 0.278. The van der Waals surface area contributed by atoms with Crippen molar-refractivity contribution in [1.82, 2.24) is 10.3 Å². The van der Waals surface area contributed by atoms with Crippen LogP contribution in [0.4, 0.5) is 0 Å². The van der Waals surface area contributed by atoms with E-state index in [0.29, 0.717) is 12.8 Å². The van der Waals surface area contributed by atoms with Gasteiger partial charge in [-0.1, -0.05) is 18.2 Å². The molecule has 0 saturated carbocycles. The van der Waals surface area contributed by atoms with Crippen molar-refractivity contribution in [2.75, 3.05) is 6.54 Å². The van der Waals surface area contributed by atoms with Gasteiger partial charge in [0.15, 0.2) is 0 Å². The predicted octanol–water partition coefficient (Wildman–Crippen LogP) is 3.32. The molecule has 2 aromatic heterocycles. The number of benzene rings is 1. The smallest absolute Gasteiger partial charge is 0.220 e. The van der Waals surface area contributed by atoms with Gasteiger partial charge in [0.25, 0.3) is 0 Å². The van der Waals surface area contributed by atoms with Gasteiger partial charge < -0.3 is 15.4 Å². The van der Waals surface area contributed by atoms with Crippen LogP contribution in [0.1, 0.15) is 29.2 Å². The number of rotatable bonds is 6. The third-order valence-corrected chi connectivity index (χ3v) is 4.75. The molecule has 1 atom stereocenters. The Morgan fingerprint density at radius 2 is 2.26 bits per heavy atom. The molecule has 1 aromatic carbocycles. The number of hydrogen-bond acceptors (Lipinski definition) is 3. The fourth-order valence-corrected chi connectivity index (χ4v) is 3.41. The van der Waals surface area contributed by atoms with Crippen LogP contribution in [0.3, 0.4) is 0 Å². The summed E-state index contributed by atoms with van der Waals surface area (Å²) in [7, 11) is 0. The third-order valence-electron chi connectivity index (χ3n) is 4.05. The summed E-state index contributed by atoms with van der Waals surface area (Å²) in [5.41, 5.74) is 4.34. The van der Waals surface area contributed by atoms with Gasteiger partial charge in [-0.15, -0.1) is 0 Å². The second kappa shape index (κ2) is 6.98. The molecule has 0 unspecified atom stereocenters. The SMILES string of the molecule is Cc1cccc2c(CCC(=O)NC[C@@H](O)c3ccsc3)c[nH]c12. The summed E-state index contributed by atoms with van der Waals surface area (Å²) in [6.07, 6.45) is 2.44. The summed E-state index contributed by atoms with van der Waals surface area (Å²) < 4.78 is 0. The average molecular weight is 328 g/mol. The van der Waals surface area contributed by atoms with Crippen LogP contribution in [0.15, 0.2) is 41.2 Å². The van der Waals surface area contributed by atoms with Crippen molar-refractivity contribution < 1.29 is 9.90 Å². The third kappa shape index (κ3) is 3.63. The monoisotopic (exact) mass is 328 g/mol. The highest BCUT2D eigenvalue weighted by atomic mass is 32.1. The van der Waals surface area contributed by atoms with E-state index in [1.54, 1.807) is 0 Å². The highest BCUT2D eigenvalue weighted by Crippen LogP contribution is 2.22. The van der Waals surface area contributed by atoms with Crippen LogP contribution < -0.4 is 5.32 Å². The van der Waals surface area contributed by atoms with Gasteiger partial charge in [0, 0.05) is 30.1 Å². The standard InChI is InChI=1S/C18H20N2O2S/c1-12-3-2-4-15-13(9-20-18(12)15)5-6-17(22)19-10-16(21)14-7-8-23-11-14/h2-4,7-9,11,16,20-21H,5-6,10H2,1H3,(H,19,22)/t16-/m1/s1. The van der Waals surface area contributed by atoms with Crippen molar-refractivity contribution in [3.05, 3.63) is 57.9 Å². The lowest BCUT2D eigenvalue weighted by Crippen LogP contribution is -2.28. The molecule has 3 aromatic rings. The van der Waals surface area contributed by atoms with E-state index >= 15 is 0 Å². The molecule has 0 fully saturated rings. The number of aliphatic hydroxyl groups is 1. The molecule has 0 aliphatic carbocycles. The number of hydrogen-bond donors (Lipinski definition) is 3. The zero-order valence-corrected chi connectivity index (χ0v) is 13.8. The molecule has 3 rings (SSSR count). The number of para-hydroxylation sites is 1. The van der Waals surface area contributed by atoms with Crippen LogP contribution in [0, 0.1) is 6.92 Å². The number of thiophene rings is 1. The zero-order chi connectivity index (χ0) is 16.2. The van der Waals surface area contributed by atoms with Crippen LogP contribution in [0.5, 0.6) is 0 Å². The Kier molecular flexibility index (Phi) is 4.79. The second-order valence-corrected chi connectivity index (χ2v) is 6.47. The molecule has 0 spiro atoms. The van der Waals surface area contributed by atoms with E-state index in [0.717, 1.165) is 16.6 Å². The lowest BCUT2D eigenvalue weighted by atomic mass is 10.1. The van der Waals surface area contributed by atoms with Gasteiger partial charge in [0.1, 0.15) is 0 Å². The van der Waals surface area contributed by atoms with Gasteiger partial charge >= 0.3 is 0 Å². The van der Waals surface area contributed by atoms with Crippen LogP contribution in [-0.2, 0) is 11.2 Å². The number of fused-ring (bicyclic) bond motifs is 1. The molecule has 0 saturated heterocycles. The van der Waals surface area contributed by atoms with E-state index in [4.69, 9.17) is 0 Å². The Hall–Kier alpha value is -2.11. The quantitative estimate of drug-likeness (QED) is 0.650. The molecule has 120 valence electrons. The van der Waals surface area contributed by atoms with Crippen molar-refractivity contribution in [1.29, 1.82) is 0 Å². The summed E-state index contributed by atoms with van der Waals surface area (Å²) in [4.78, 5) is 15.3. The minimum absolute atomic E-state index is 0.0405. The highest BCUT2D eigenvalue weighted by molar-refractivity contribution is 7.07. The topological polar surface area (TPSA) is 65.1 Å². The number of carbonyl (C=O) groups excluding carboxylic acids is 1. The second-order valence-electron chi connectivity index (χ2n) is 5.69. The van der Waals surface area contributed by atoms with E-state index in [-0.39, 0.29) is 12.5 Å². The molecule has 0 aliphatic heterocycles. The summed E-state index contributed by atoms with van der Waals surface area (Å²) in [5.74, 6) is -0.0405. The van der Waals surface area contributed by atoms with Crippen molar-refractivity contribution >= 4 is 28.1 Å². The molecule has 4 nitrogen and oxygen atoms in total. The van der Waals surface area contributed by atoms with Gasteiger partial charge in [-0.05, 0) is 46.9 Å². The van der Waals surface area contributed by atoms with E-state index in [1.807, 2.05) is 29.1 Å². The molecule has 2 heterocycles. The van der Waals surface area contributed by atoms with Gasteiger partial charge in [0.2, 0.25) is 5.91 Å². The maximum absolute atomic E-state index is 12.0. The average Bonchev–Trinajstić information content (AvgIpc) is 3.21. The maximum atomic E-state index is 12.0. The van der Waals surface area contributed by atoms with Crippen LogP contribution >= 0.6 is 11.3 Å². The first-order valence-corrected chi connectivity index (χ1v) is 8.62. The Labute approximate surface area is 139 Å². The van der Waals surface area contributed by atoms with Crippen molar-refractivity contribution in [2.45, 2.75) is 25.9 Å². The van der Waals surface area contributed by atoms with Crippen LogP contribution in [0.2, 0.25) is 0 Å². The van der Waals surface area contributed by atoms with Gasteiger partial charge in [-0.2, -0.15) is 11.3 Å². The number of aromatic nitrogens is 1. The molecule has 0 aliphatic rings. The molecule has 0 radical (unpaired) electrons. The minimum atomic E-state index is -0.638. The lowest BCUT2D eigenvalue weighted by Gasteiger charge is -2.10. The number of carbonyl (C=O) groups is 1. The summed E-state index contributed by atoms with van der Waals surface area (Å²) >= 11 is 1.54. The maximum Gasteiger partial charge on any atom is 0.220 e. The summed E-state index contributed by atoms with van der Waals surface area (Å²) in [6.45, 7) is 2.32. The van der Waals surface area contributed by atoms with E-state index in [9.17, 15) is 9.90 Å². The number of nitrogens with one attached hydrogen (secondary N) is 2. The Bertz CT molecular complexity index is 793. The number of aliphatic hydroxyl groups excluding tert-OH is 1. The Morgan fingerprint density at radius 3 is 3.04 bits per heavy atom. The largest absolute Gasteiger partial charge is 0.387 e. The van der Waals surface area contributed by atoms with Crippen molar-refractivity contribution in [2.24, 2.45) is 0 Å². The van der Waals surface area contributed by atoms with Gasteiger partial charge in [0.05, 0.1) is 6.10 Å². The van der Waals surface area contributed by atoms with Gasteiger partial charge in [-0.25, -0.2) is 0 Å². The molecule has 0 bridgehead atoms. The molecular weight excluding hydrogens is 308 g/mol. The van der Waals surface area contributed by atoms with Crippen LogP contribution in [0.25, 0.3) is 10.9 Å². The molecule has 23 heavy (non-hydrogen) atoms.